The molecule has 54 nitrogen and oxygen atoms in total. The highest BCUT2D eigenvalue weighted by molar-refractivity contribution is 5.83. The molecule has 0 aromatic carbocycles. The monoisotopic (exact) mass is 1750 g/mol. The molecule has 0 unspecified atom stereocenters. The van der Waals surface area contributed by atoms with Crippen LogP contribution in [0.2, 0.25) is 0 Å². The quantitative estimate of drug-likeness (QED) is 0.0284. The van der Waals surface area contributed by atoms with E-state index in [9.17, 15) is 156 Å². The third-order valence-corrected chi connectivity index (χ3v) is 21.4. The standard InChI is InChI=1S/C66H110N6O48/c1-15(80)68-30-42(93)51(25(11-78)106-57(30)72-19(58(102)103)5-29(67)84)115-61-33(71-18(4)83)43(94)52(26(12-79)112-61)116-65-50(101)55(119-66-56(46(97)38(89)24(10-77)111-66)120-60-32(70-17(3)82)41(92)35(86)21(7-74)108-60)53(117-59-31(69-16(2)81)40(91)34(85)20(6-73)107-59)28(114-65)14-105-63-49(100)54(118-64-48(99)45(96)37(88)23(9-76)110-64)39(90)27(113-63)13-104-62-47(98)44(95)36(87)22(8-75)109-62/h19-28,30-57,59-66,72-79,85-101H,5-14H2,1-4H3,(H2,67,84)(H,68,80)(H,69,81)(H,70,82)(H,71,83)(H,102,103)/t19-,20+,21+,22+,23+,24+,25+,26+,27+,28+,30+,31+,32+,33+,34+,35+,36+,37+,38+,39+,40+,41+,42+,43+,44-,45-,46-,47-,48-,49-,50-,51+,52+,53+,54-,55+,56-,57+,59-,60-,61-,62-,63-,64+,65-,66+/m0/s1. The molecule has 9 saturated heterocycles. The van der Waals surface area contributed by atoms with Crippen molar-refractivity contribution < 1.29 is 237 Å². The van der Waals surface area contributed by atoms with Gasteiger partial charge in [0.1, 0.15) is 226 Å². The molecule has 0 spiro atoms. The molecule has 0 aliphatic carbocycles. The summed E-state index contributed by atoms with van der Waals surface area (Å²) in [7, 11) is 0. The second-order valence-corrected chi connectivity index (χ2v) is 30.0. The molecule has 120 heavy (non-hydrogen) atoms. The number of hydrogen-bond donors (Lipinski definition) is 31. The Morgan fingerprint density at radius 1 is 0.292 bits per heavy atom. The zero-order valence-corrected chi connectivity index (χ0v) is 64.3. The Bertz CT molecular complexity index is 3290. The Hall–Kier alpha value is -4.86. The number of carbonyl (C=O) groups excluding carboxylic acids is 5. The minimum atomic E-state index is -2.75. The van der Waals surface area contributed by atoms with Crippen LogP contribution in [0.25, 0.3) is 0 Å². The number of ether oxygens (including phenoxy) is 17. The molecule has 0 aromatic heterocycles. The van der Waals surface area contributed by atoms with Crippen molar-refractivity contribution in [3.63, 3.8) is 0 Å². The van der Waals surface area contributed by atoms with E-state index in [2.05, 4.69) is 26.6 Å². The summed E-state index contributed by atoms with van der Waals surface area (Å²) in [5, 5.41) is 292. The van der Waals surface area contributed by atoms with Gasteiger partial charge in [-0.05, 0) is 0 Å². The minimum absolute atomic E-state index is 0.882. The number of amides is 5. The number of rotatable bonds is 34. The molecule has 9 aliphatic rings. The number of nitrogens with two attached hydrogens (primary N) is 1. The van der Waals surface area contributed by atoms with Gasteiger partial charge in [-0.15, -0.1) is 0 Å². The van der Waals surface area contributed by atoms with E-state index in [4.69, 9.17) is 86.3 Å². The largest absolute Gasteiger partial charge is 0.480 e. The molecule has 0 bridgehead atoms. The second-order valence-electron chi connectivity index (χ2n) is 30.0. The molecular weight excluding hydrogens is 1640 g/mol. The lowest BCUT2D eigenvalue weighted by Gasteiger charge is -2.52. The number of carboxylic acid groups (broad SMARTS) is 1. The number of primary amides is 1. The topological polar surface area (TPSA) is 851 Å². The Labute approximate surface area is 678 Å². The van der Waals surface area contributed by atoms with Crippen LogP contribution < -0.4 is 32.3 Å². The van der Waals surface area contributed by atoms with Gasteiger partial charge in [-0.25, -0.2) is 0 Å². The first kappa shape index (κ1) is 98.9. The van der Waals surface area contributed by atoms with Crippen molar-refractivity contribution >= 4 is 35.5 Å². The van der Waals surface area contributed by atoms with Crippen molar-refractivity contribution in [1.29, 1.82) is 0 Å². The van der Waals surface area contributed by atoms with E-state index >= 15 is 0 Å². The normalized spacial score (nSPS) is 46.6. The molecule has 0 saturated carbocycles. The summed E-state index contributed by atoms with van der Waals surface area (Å²) in [5.74, 6) is -6.67. The molecule has 46 atom stereocenters. The van der Waals surface area contributed by atoms with E-state index in [-0.39, 0.29) is 0 Å². The molecule has 0 aromatic rings. The number of carboxylic acids is 1. The van der Waals surface area contributed by atoms with Gasteiger partial charge >= 0.3 is 5.97 Å². The Morgan fingerprint density at radius 3 is 1.06 bits per heavy atom. The predicted molar refractivity (Wildman–Crippen MR) is 370 cm³/mol. The fraction of sp³-hybridized carbons (Fsp3) is 0.909. The molecule has 9 fully saturated rings. The lowest BCUT2D eigenvalue weighted by Crippen LogP contribution is -2.72. The van der Waals surface area contributed by atoms with Gasteiger partial charge in [0.25, 0.3) is 0 Å². The van der Waals surface area contributed by atoms with E-state index in [1.807, 2.05) is 0 Å². The average Bonchev–Trinajstić information content (AvgIpc) is 0.768. The number of aliphatic carboxylic acids is 1. The number of aliphatic hydroxyl groups is 24. The van der Waals surface area contributed by atoms with Crippen LogP contribution in [-0.4, -0.2) is 505 Å². The Kier molecular flexibility index (Phi) is 35.9. The third kappa shape index (κ3) is 22.6. The molecule has 54 heteroatoms. The highest BCUT2D eigenvalue weighted by Crippen LogP contribution is 2.41. The first-order valence-electron chi connectivity index (χ1n) is 37.9. The highest BCUT2D eigenvalue weighted by Gasteiger charge is 2.62. The molecule has 5 amide bonds. The number of hydrogen-bond acceptors (Lipinski definition) is 48. The van der Waals surface area contributed by atoms with Crippen molar-refractivity contribution in [3.05, 3.63) is 0 Å². The molecule has 0 radical (unpaired) electrons. The summed E-state index contributed by atoms with van der Waals surface area (Å²) < 4.78 is 103. The van der Waals surface area contributed by atoms with Gasteiger partial charge in [0, 0.05) is 27.7 Å². The molecule has 9 aliphatic heterocycles. The summed E-state index contributed by atoms with van der Waals surface area (Å²) in [6.45, 7) is -6.77. The van der Waals surface area contributed by atoms with E-state index in [0.29, 0.717) is 0 Å². The maximum atomic E-state index is 13.3. The molecular formula is C66H110N6O48. The van der Waals surface area contributed by atoms with E-state index in [1.165, 1.54) is 0 Å². The predicted octanol–water partition coefficient (Wildman–Crippen LogP) is -21.1. The number of aliphatic hydroxyl groups excluding tert-OH is 24. The van der Waals surface area contributed by atoms with Gasteiger partial charge in [0.15, 0.2) is 50.3 Å². The molecule has 692 valence electrons. The van der Waals surface area contributed by atoms with Crippen molar-refractivity contribution in [2.75, 3.05) is 59.5 Å². The zero-order valence-electron chi connectivity index (χ0n) is 64.3. The molecule has 32 N–H and O–H groups in total. The summed E-state index contributed by atoms with van der Waals surface area (Å²) >= 11 is 0. The number of carbonyl (C=O) groups is 6. The van der Waals surface area contributed by atoms with Gasteiger partial charge in [-0.2, -0.15) is 0 Å². The third-order valence-electron chi connectivity index (χ3n) is 21.4. The van der Waals surface area contributed by atoms with Gasteiger partial charge < -0.3 is 235 Å². The smallest absolute Gasteiger partial charge is 0.321 e. The van der Waals surface area contributed by atoms with Crippen molar-refractivity contribution in [2.24, 2.45) is 5.73 Å². The van der Waals surface area contributed by atoms with Crippen LogP contribution in [0.3, 0.4) is 0 Å². The van der Waals surface area contributed by atoms with E-state index in [1.54, 1.807) is 0 Å². The second kappa shape index (κ2) is 43.6. The summed E-state index contributed by atoms with van der Waals surface area (Å²) in [5.41, 5.74) is 5.27. The first-order chi connectivity index (χ1) is 56.7. The first-order valence-corrected chi connectivity index (χ1v) is 37.9. The summed E-state index contributed by atoms with van der Waals surface area (Å²) in [4.78, 5) is 76.0. The SMILES string of the molecule is CC(=O)N[C@@H]1[C@@H](O)[C@H](O[C@@H]2O[C@H](CO)[C@@H](O[C@@H]3O[C@H](CO[C@H]4O[C@H](CO[C@H]5O[C@H](CO)[C@@H](O)[C@H](O)[C@@H]5O)[C@@H](O)[C@H](O[C@H]5O[C@H](CO)[C@@H](O)[C@H](O)[C@@H]5O)[C@@H]4O)[C@@H](O[C@@H]4O[C@H](CO)[C@@H](O)[C@H](O)[C@H]4NC(C)=O)[C@H](O[C@H]4O[C@H](CO)[C@@H](O)[C@H](O)[C@@H]4O[C@@H]4O[C@H](CO)[C@@H](O)[C@H](O)[C@H]4NC(C)=O)[C@@H]3O)[C@H](O)[C@H]2NC(C)=O)[C@@H](CO)O[C@H]1N[C@@H](CC(N)=O)C(=O)O. The Balaban J connectivity index is 1.16. The van der Waals surface area contributed by atoms with E-state index in [0.717, 1.165) is 27.7 Å². The Morgan fingerprint density at radius 2 is 0.600 bits per heavy atom. The summed E-state index contributed by atoms with van der Waals surface area (Å²) in [6.07, 6.45) is -90.6. The van der Waals surface area contributed by atoms with Gasteiger partial charge in [0.2, 0.25) is 29.5 Å². The lowest BCUT2D eigenvalue weighted by atomic mass is 9.93. The highest BCUT2D eigenvalue weighted by atomic mass is 16.8. The van der Waals surface area contributed by atoms with Gasteiger partial charge in [-0.1, -0.05) is 0 Å². The van der Waals surface area contributed by atoms with Crippen LogP contribution in [0.1, 0.15) is 34.1 Å². The molecule has 9 rings (SSSR count). The van der Waals surface area contributed by atoms with Crippen molar-refractivity contribution in [2.45, 2.75) is 316 Å². The van der Waals surface area contributed by atoms with Crippen LogP contribution in [0, 0.1) is 0 Å². The van der Waals surface area contributed by atoms with Crippen molar-refractivity contribution in [1.82, 2.24) is 26.6 Å². The van der Waals surface area contributed by atoms with E-state index < -0.39 is 383 Å². The average molecular weight is 1760 g/mol. The fourth-order valence-corrected chi connectivity index (χ4v) is 15.1. The fourth-order valence-electron chi connectivity index (χ4n) is 15.1. The number of nitrogens with one attached hydrogen (secondary N) is 5. The maximum Gasteiger partial charge on any atom is 0.321 e. The van der Waals surface area contributed by atoms with Crippen LogP contribution in [0.5, 0.6) is 0 Å². The minimum Gasteiger partial charge on any atom is -0.480 e. The van der Waals surface area contributed by atoms with Crippen molar-refractivity contribution in [3.8, 4) is 0 Å². The lowest BCUT2D eigenvalue weighted by molar-refractivity contribution is -0.407. The van der Waals surface area contributed by atoms with Gasteiger partial charge in [0.05, 0.1) is 71.9 Å². The van der Waals surface area contributed by atoms with Crippen LogP contribution in [-0.2, 0) is 109 Å². The van der Waals surface area contributed by atoms with Crippen LogP contribution in [0.4, 0.5) is 0 Å². The summed E-state index contributed by atoms with van der Waals surface area (Å²) in [6, 6.07) is -9.62. The van der Waals surface area contributed by atoms with Gasteiger partial charge in [-0.3, -0.25) is 34.1 Å². The maximum absolute atomic E-state index is 13.3. The van der Waals surface area contributed by atoms with Crippen LogP contribution in [0.15, 0.2) is 0 Å². The molecule has 9 heterocycles. The zero-order chi connectivity index (χ0) is 88.6. The van der Waals surface area contributed by atoms with Crippen LogP contribution >= 0.6 is 0 Å².